The first-order valence-corrected chi connectivity index (χ1v) is 11.2. The number of ether oxygens (including phenoxy) is 1. The third kappa shape index (κ3) is 5.93. The smallest absolute Gasteiger partial charge is 0.337 e. The topological polar surface area (TPSA) is 95.9 Å². The molecule has 0 heterocycles. The van der Waals surface area contributed by atoms with Crippen molar-refractivity contribution in [1.29, 1.82) is 0 Å². The summed E-state index contributed by atoms with van der Waals surface area (Å²) >= 11 is 0. The SMILES string of the molecule is O=C(O)c1ccc(-c2ccccc2)cc1NC(=O)c1cc(CCO)ccc1OCc1ccccc1. The normalized spacial score (nSPS) is 10.5. The van der Waals surface area contributed by atoms with E-state index in [4.69, 9.17) is 4.74 Å². The number of benzene rings is 4. The number of carbonyl (C=O) groups excluding carboxylic acids is 1. The molecule has 0 spiro atoms. The van der Waals surface area contributed by atoms with Gasteiger partial charge in [0.2, 0.25) is 0 Å². The molecule has 6 nitrogen and oxygen atoms in total. The van der Waals surface area contributed by atoms with Crippen LogP contribution in [0.5, 0.6) is 5.75 Å². The van der Waals surface area contributed by atoms with Crippen molar-refractivity contribution in [2.45, 2.75) is 13.0 Å². The van der Waals surface area contributed by atoms with E-state index in [-0.39, 0.29) is 30.0 Å². The van der Waals surface area contributed by atoms with Crippen LogP contribution in [0.15, 0.2) is 97.1 Å². The van der Waals surface area contributed by atoms with E-state index in [0.717, 1.165) is 22.3 Å². The number of hydrogen-bond acceptors (Lipinski definition) is 4. The van der Waals surface area contributed by atoms with E-state index in [1.165, 1.54) is 6.07 Å². The number of aromatic carboxylic acids is 1. The molecule has 0 fully saturated rings. The standard InChI is InChI=1S/C29H25NO5/c31-16-15-20-11-14-27(35-19-21-7-3-1-4-8-21)25(17-20)28(32)30-26-18-23(12-13-24(26)29(33)34)22-9-5-2-6-10-22/h1-14,17-18,31H,15-16,19H2,(H,30,32)(H,33,34). The third-order valence-corrected chi connectivity index (χ3v) is 5.53. The van der Waals surface area contributed by atoms with Crippen molar-refractivity contribution in [1.82, 2.24) is 0 Å². The van der Waals surface area contributed by atoms with Crippen LogP contribution in [0.4, 0.5) is 5.69 Å². The Balaban J connectivity index is 1.66. The molecule has 0 bridgehead atoms. The van der Waals surface area contributed by atoms with E-state index in [2.05, 4.69) is 5.32 Å². The van der Waals surface area contributed by atoms with Gasteiger partial charge in [-0.1, -0.05) is 72.8 Å². The molecule has 0 aliphatic carbocycles. The maximum atomic E-state index is 13.4. The summed E-state index contributed by atoms with van der Waals surface area (Å²) in [4.78, 5) is 25.2. The van der Waals surface area contributed by atoms with E-state index in [1.54, 1.807) is 30.3 Å². The van der Waals surface area contributed by atoms with E-state index in [1.807, 2.05) is 60.7 Å². The fraction of sp³-hybridized carbons (Fsp3) is 0.103. The molecule has 0 saturated heterocycles. The van der Waals surface area contributed by atoms with Crippen LogP contribution < -0.4 is 10.1 Å². The van der Waals surface area contributed by atoms with Gasteiger partial charge in [0, 0.05) is 6.61 Å². The molecule has 3 N–H and O–H groups in total. The number of carboxylic acid groups (broad SMARTS) is 1. The molecule has 0 atom stereocenters. The van der Waals surface area contributed by atoms with Gasteiger partial charge in [0.15, 0.2) is 0 Å². The lowest BCUT2D eigenvalue weighted by Gasteiger charge is -2.15. The van der Waals surface area contributed by atoms with Gasteiger partial charge in [0.1, 0.15) is 12.4 Å². The zero-order valence-electron chi connectivity index (χ0n) is 19.0. The number of carbonyl (C=O) groups is 2. The summed E-state index contributed by atoms with van der Waals surface area (Å²) in [6.07, 6.45) is 0.378. The van der Waals surface area contributed by atoms with Gasteiger partial charge in [0.05, 0.1) is 16.8 Å². The molecule has 176 valence electrons. The van der Waals surface area contributed by atoms with Crippen molar-refractivity contribution in [3.8, 4) is 16.9 Å². The molecule has 4 aromatic rings. The van der Waals surface area contributed by atoms with Crippen molar-refractivity contribution in [3.05, 3.63) is 119 Å². The van der Waals surface area contributed by atoms with Crippen LogP contribution in [0.1, 0.15) is 31.8 Å². The highest BCUT2D eigenvalue weighted by Gasteiger charge is 2.18. The van der Waals surface area contributed by atoms with E-state index in [9.17, 15) is 19.8 Å². The summed E-state index contributed by atoms with van der Waals surface area (Å²) in [5.74, 6) is -1.28. The van der Waals surface area contributed by atoms with Crippen molar-refractivity contribution >= 4 is 17.6 Å². The molecule has 0 saturated carbocycles. The van der Waals surface area contributed by atoms with Gasteiger partial charge in [-0.3, -0.25) is 4.79 Å². The van der Waals surface area contributed by atoms with Gasteiger partial charge in [0.25, 0.3) is 5.91 Å². The summed E-state index contributed by atoms with van der Waals surface area (Å²) in [5.41, 5.74) is 3.82. The Bertz CT molecular complexity index is 1320. The number of anilines is 1. The third-order valence-electron chi connectivity index (χ3n) is 5.53. The fourth-order valence-electron chi connectivity index (χ4n) is 3.73. The maximum Gasteiger partial charge on any atom is 0.337 e. The maximum absolute atomic E-state index is 13.4. The highest BCUT2D eigenvalue weighted by atomic mass is 16.5. The fourth-order valence-corrected chi connectivity index (χ4v) is 3.73. The lowest BCUT2D eigenvalue weighted by atomic mass is 10.0. The number of nitrogens with one attached hydrogen (secondary N) is 1. The molecule has 0 radical (unpaired) electrons. The quantitative estimate of drug-likeness (QED) is 0.306. The largest absolute Gasteiger partial charge is 0.488 e. The van der Waals surface area contributed by atoms with E-state index in [0.29, 0.717) is 12.2 Å². The first-order chi connectivity index (χ1) is 17.0. The van der Waals surface area contributed by atoms with Crippen molar-refractivity contribution in [2.24, 2.45) is 0 Å². The molecule has 0 aliphatic heterocycles. The summed E-state index contributed by atoms with van der Waals surface area (Å²) in [6, 6.07) is 29.1. The highest BCUT2D eigenvalue weighted by molar-refractivity contribution is 6.09. The van der Waals surface area contributed by atoms with Crippen LogP contribution in [0, 0.1) is 0 Å². The predicted octanol–water partition coefficient (Wildman–Crippen LogP) is 5.42. The molecule has 6 heteroatoms. The Morgan fingerprint density at radius 3 is 2.14 bits per heavy atom. The number of amides is 1. The van der Waals surface area contributed by atoms with E-state index >= 15 is 0 Å². The van der Waals surface area contributed by atoms with Crippen LogP contribution in [-0.4, -0.2) is 28.7 Å². The second-order valence-electron chi connectivity index (χ2n) is 7.96. The Hall–Kier alpha value is -4.42. The molecule has 35 heavy (non-hydrogen) atoms. The highest BCUT2D eigenvalue weighted by Crippen LogP contribution is 2.28. The number of aliphatic hydroxyl groups is 1. The van der Waals surface area contributed by atoms with Crippen molar-refractivity contribution in [3.63, 3.8) is 0 Å². The zero-order valence-corrected chi connectivity index (χ0v) is 19.0. The first-order valence-electron chi connectivity index (χ1n) is 11.2. The van der Waals surface area contributed by atoms with Crippen LogP contribution in [0.2, 0.25) is 0 Å². The van der Waals surface area contributed by atoms with Crippen LogP contribution in [0.25, 0.3) is 11.1 Å². The van der Waals surface area contributed by atoms with Gasteiger partial charge in [-0.15, -0.1) is 0 Å². The van der Waals surface area contributed by atoms with Crippen LogP contribution in [-0.2, 0) is 13.0 Å². The minimum absolute atomic E-state index is 0.0173. The summed E-state index contributed by atoms with van der Waals surface area (Å²) < 4.78 is 5.95. The Labute approximate surface area is 203 Å². The van der Waals surface area contributed by atoms with Gasteiger partial charge < -0.3 is 20.3 Å². The average Bonchev–Trinajstić information content (AvgIpc) is 2.89. The first kappa shape index (κ1) is 23.7. The molecule has 0 aromatic heterocycles. The molecule has 0 aliphatic rings. The molecule has 0 unspecified atom stereocenters. The number of hydrogen-bond donors (Lipinski definition) is 3. The predicted molar refractivity (Wildman–Crippen MR) is 135 cm³/mol. The molecule has 4 rings (SSSR count). The summed E-state index contributed by atoms with van der Waals surface area (Å²) in [7, 11) is 0. The monoisotopic (exact) mass is 467 g/mol. The average molecular weight is 468 g/mol. The summed E-state index contributed by atoms with van der Waals surface area (Å²) in [6.45, 7) is 0.206. The molecule has 1 amide bonds. The number of rotatable bonds is 9. The number of carboxylic acids is 1. The molecular weight excluding hydrogens is 442 g/mol. The van der Waals surface area contributed by atoms with Gasteiger partial charge in [-0.2, -0.15) is 0 Å². The lowest BCUT2D eigenvalue weighted by Crippen LogP contribution is -2.17. The minimum Gasteiger partial charge on any atom is -0.488 e. The van der Waals surface area contributed by atoms with Crippen LogP contribution >= 0.6 is 0 Å². The number of aliphatic hydroxyl groups excluding tert-OH is 1. The van der Waals surface area contributed by atoms with Crippen molar-refractivity contribution in [2.75, 3.05) is 11.9 Å². The lowest BCUT2D eigenvalue weighted by molar-refractivity contribution is 0.0698. The Morgan fingerprint density at radius 1 is 0.743 bits per heavy atom. The Kier molecular flexibility index (Phi) is 7.55. The second-order valence-corrected chi connectivity index (χ2v) is 7.96. The van der Waals surface area contributed by atoms with Gasteiger partial charge >= 0.3 is 5.97 Å². The Morgan fingerprint density at radius 2 is 1.46 bits per heavy atom. The second kappa shape index (κ2) is 11.1. The zero-order chi connectivity index (χ0) is 24.6. The van der Waals surface area contributed by atoms with Crippen LogP contribution in [0.3, 0.4) is 0 Å². The van der Waals surface area contributed by atoms with Gasteiger partial charge in [-0.25, -0.2) is 4.79 Å². The minimum atomic E-state index is -1.14. The molecular formula is C29H25NO5. The molecule has 4 aromatic carbocycles. The summed E-state index contributed by atoms with van der Waals surface area (Å²) in [5, 5.41) is 21.8. The van der Waals surface area contributed by atoms with E-state index < -0.39 is 11.9 Å². The van der Waals surface area contributed by atoms with Gasteiger partial charge in [-0.05, 0) is 52.9 Å². The van der Waals surface area contributed by atoms with Crippen molar-refractivity contribution < 1.29 is 24.5 Å².